The van der Waals surface area contributed by atoms with Crippen molar-refractivity contribution < 1.29 is 4.42 Å². The Kier molecular flexibility index (Phi) is 4.50. The van der Waals surface area contributed by atoms with Crippen LogP contribution < -0.4 is 4.90 Å². The maximum absolute atomic E-state index is 6.07. The highest BCUT2D eigenvalue weighted by molar-refractivity contribution is 6.31. The minimum atomic E-state index is 0.443. The predicted octanol–water partition coefficient (Wildman–Crippen LogP) is 3.56. The van der Waals surface area contributed by atoms with E-state index < -0.39 is 0 Å². The van der Waals surface area contributed by atoms with Crippen molar-refractivity contribution in [3.05, 3.63) is 47.1 Å². The number of oxazole rings is 1. The Balaban J connectivity index is 1.37. The topological polar surface area (TPSA) is 77.8 Å². The number of hydrogen-bond acceptors (Lipinski definition) is 6. The van der Waals surface area contributed by atoms with Crippen LogP contribution in [0.2, 0.25) is 5.02 Å². The molecule has 1 fully saturated rings. The van der Waals surface area contributed by atoms with Gasteiger partial charge in [0.25, 0.3) is 6.01 Å². The summed E-state index contributed by atoms with van der Waals surface area (Å²) >= 11 is 6.07. The Hall–Kier alpha value is -2.87. The number of rotatable bonds is 4. The summed E-state index contributed by atoms with van der Waals surface area (Å²) in [5, 5.41) is 9.49. The highest BCUT2D eigenvalue weighted by Crippen LogP contribution is 2.29. The van der Waals surface area contributed by atoms with E-state index in [1.165, 1.54) is 0 Å². The van der Waals surface area contributed by atoms with Gasteiger partial charge in [-0.25, -0.2) is 4.98 Å². The normalized spacial score (nSPS) is 17.3. The van der Waals surface area contributed by atoms with Gasteiger partial charge in [-0.3, -0.25) is 4.68 Å². The van der Waals surface area contributed by atoms with Crippen LogP contribution in [0.1, 0.15) is 24.5 Å². The van der Waals surface area contributed by atoms with Gasteiger partial charge in [-0.05, 0) is 37.8 Å². The third-order valence-corrected chi connectivity index (χ3v) is 5.63. The van der Waals surface area contributed by atoms with E-state index in [1.807, 2.05) is 47.6 Å². The Bertz CT molecular complexity index is 1160. The molecule has 0 aliphatic carbocycles. The number of halogens is 1. The molecule has 1 aliphatic rings. The summed E-state index contributed by atoms with van der Waals surface area (Å²) in [5.41, 5.74) is 1.55. The van der Waals surface area contributed by atoms with E-state index in [2.05, 4.69) is 25.1 Å². The third kappa shape index (κ3) is 3.48. The van der Waals surface area contributed by atoms with Crippen molar-refractivity contribution in [3.63, 3.8) is 0 Å². The van der Waals surface area contributed by atoms with E-state index in [0.29, 0.717) is 17.0 Å². The molecule has 29 heavy (non-hydrogen) atoms. The SMILES string of the molecule is Cc1nc(CC2CCCN(c3nc4ccc(Cl)cc4o3)C2)n(-c2ccnn2C)n1. The van der Waals surface area contributed by atoms with Crippen LogP contribution in [0.5, 0.6) is 0 Å². The van der Waals surface area contributed by atoms with Crippen LogP contribution >= 0.6 is 11.6 Å². The van der Waals surface area contributed by atoms with Crippen molar-refractivity contribution in [2.24, 2.45) is 13.0 Å². The quantitative estimate of drug-likeness (QED) is 0.511. The molecule has 5 rings (SSSR count). The van der Waals surface area contributed by atoms with Gasteiger partial charge < -0.3 is 9.32 Å². The van der Waals surface area contributed by atoms with Gasteiger partial charge in [0, 0.05) is 43.7 Å². The second kappa shape index (κ2) is 7.18. The summed E-state index contributed by atoms with van der Waals surface area (Å²) in [6.07, 6.45) is 4.84. The minimum Gasteiger partial charge on any atom is -0.423 e. The molecule has 4 heterocycles. The fourth-order valence-corrected chi connectivity index (χ4v) is 4.20. The zero-order chi connectivity index (χ0) is 20.0. The summed E-state index contributed by atoms with van der Waals surface area (Å²) in [6.45, 7) is 3.73. The van der Waals surface area contributed by atoms with Gasteiger partial charge >= 0.3 is 0 Å². The smallest absolute Gasteiger partial charge is 0.298 e. The third-order valence-electron chi connectivity index (χ3n) is 5.39. The van der Waals surface area contributed by atoms with Crippen molar-refractivity contribution in [3.8, 4) is 5.82 Å². The van der Waals surface area contributed by atoms with E-state index in [9.17, 15) is 0 Å². The van der Waals surface area contributed by atoms with Crippen LogP contribution in [-0.4, -0.2) is 42.6 Å². The molecule has 0 bridgehead atoms. The lowest BCUT2D eigenvalue weighted by atomic mass is 9.94. The summed E-state index contributed by atoms with van der Waals surface area (Å²) in [6, 6.07) is 8.16. The molecule has 8 nitrogen and oxygen atoms in total. The fraction of sp³-hybridized carbons (Fsp3) is 0.400. The Labute approximate surface area is 173 Å². The highest BCUT2D eigenvalue weighted by atomic mass is 35.5. The maximum Gasteiger partial charge on any atom is 0.298 e. The molecule has 0 spiro atoms. The van der Waals surface area contributed by atoms with Crippen molar-refractivity contribution in [1.29, 1.82) is 0 Å². The summed E-state index contributed by atoms with van der Waals surface area (Å²) in [4.78, 5) is 11.6. The van der Waals surface area contributed by atoms with Gasteiger partial charge in [-0.2, -0.15) is 14.8 Å². The van der Waals surface area contributed by atoms with Gasteiger partial charge in [0.2, 0.25) is 0 Å². The maximum atomic E-state index is 6.07. The Morgan fingerprint density at radius 3 is 2.97 bits per heavy atom. The number of anilines is 1. The van der Waals surface area contributed by atoms with Crippen LogP contribution in [0.15, 0.2) is 34.9 Å². The molecule has 0 N–H and O–H groups in total. The zero-order valence-corrected chi connectivity index (χ0v) is 17.2. The van der Waals surface area contributed by atoms with Crippen LogP contribution in [0.25, 0.3) is 16.9 Å². The van der Waals surface area contributed by atoms with E-state index in [0.717, 1.165) is 60.9 Å². The predicted molar refractivity (Wildman–Crippen MR) is 111 cm³/mol. The number of piperidine rings is 1. The van der Waals surface area contributed by atoms with Crippen molar-refractivity contribution in [2.75, 3.05) is 18.0 Å². The van der Waals surface area contributed by atoms with Gasteiger partial charge in [0.15, 0.2) is 11.4 Å². The van der Waals surface area contributed by atoms with Crippen molar-refractivity contribution in [2.45, 2.75) is 26.2 Å². The fourth-order valence-electron chi connectivity index (χ4n) is 4.03. The summed E-state index contributed by atoms with van der Waals surface area (Å²) < 4.78 is 9.69. The van der Waals surface area contributed by atoms with Crippen molar-refractivity contribution in [1.82, 2.24) is 29.5 Å². The average molecular weight is 412 g/mol. The monoisotopic (exact) mass is 411 g/mol. The number of benzene rings is 1. The number of hydrogen-bond donors (Lipinski definition) is 0. The molecule has 1 saturated heterocycles. The molecule has 3 aromatic heterocycles. The van der Waals surface area contributed by atoms with Gasteiger partial charge in [0.1, 0.15) is 17.2 Å². The second-order valence-electron chi connectivity index (χ2n) is 7.57. The first-order valence-corrected chi connectivity index (χ1v) is 10.2. The highest BCUT2D eigenvalue weighted by Gasteiger charge is 2.26. The number of aromatic nitrogens is 6. The minimum absolute atomic E-state index is 0.443. The van der Waals surface area contributed by atoms with Crippen LogP contribution in [0.4, 0.5) is 6.01 Å². The van der Waals surface area contributed by atoms with Gasteiger partial charge in [-0.15, -0.1) is 5.10 Å². The second-order valence-corrected chi connectivity index (χ2v) is 8.00. The molecule has 1 atom stereocenters. The molecule has 1 aromatic carbocycles. The lowest BCUT2D eigenvalue weighted by molar-refractivity contribution is 0.386. The van der Waals surface area contributed by atoms with Gasteiger partial charge in [0.05, 0.1) is 6.20 Å². The van der Waals surface area contributed by atoms with E-state index in [-0.39, 0.29) is 0 Å². The van der Waals surface area contributed by atoms with Crippen LogP contribution in [0.3, 0.4) is 0 Å². The average Bonchev–Trinajstić information content (AvgIpc) is 3.40. The molecule has 0 amide bonds. The summed E-state index contributed by atoms with van der Waals surface area (Å²) in [7, 11) is 1.91. The molecule has 0 radical (unpaired) electrons. The van der Waals surface area contributed by atoms with Crippen molar-refractivity contribution >= 4 is 28.7 Å². The Morgan fingerprint density at radius 1 is 1.24 bits per heavy atom. The molecule has 4 aromatic rings. The molecule has 1 unspecified atom stereocenters. The molecular weight excluding hydrogens is 390 g/mol. The largest absolute Gasteiger partial charge is 0.423 e. The van der Waals surface area contributed by atoms with E-state index in [4.69, 9.17) is 16.0 Å². The number of aryl methyl sites for hydroxylation is 2. The lowest BCUT2D eigenvalue weighted by Gasteiger charge is -2.31. The number of fused-ring (bicyclic) bond motifs is 1. The standard InChI is InChI=1S/C20H22ClN7O/c1-13-23-18(28(25-13)19-7-8-22-26(19)2)10-14-4-3-9-27(12-14)20-24-16-6-5-15(21)11-17(16)29-20/h5-8,11,14H,3-4,9-10,12H2,1-2H3. The molecular formula is C20H22ClN7O. The summed E-state index contributed by atoms with van der Waals surface area (Å²) in [5.74, 6) is 3.09. The first-order chi connectivity index (χ1) is 14.1. The van der Waals surface area contributed by atoms with Crippen LogP contribution in [-0.2, 0) is 13.5 Å². The van der Waals surface area contributed by atoms with Crippen LogP contribution in [0, 0.1) is 12.8 Å². The van der Waals surface area contributed by atoms with E-state index in [1.54, 1.807) is 6.20 Å². The first-order valence-electron chi connectivity index (χ1n) is 9.79. The van der Waals surface area contributed by atoms with Gasteiger partial charge in [-0.1, -0.05) is 11.6 Å². The molecule has 150 valence electrons. The molecule has 9 heteroatoms. The van der Waals surface area contributed by atoms with E-state index >= 15 is 0 Å². The molecule has 0 saturated carbocycles. The number of nitrogens with zero attached hydrogens (tertiary/aromatic N) is 7. The lowest BCUT2D eigenvalue weighted by Crippen LogP contribution is -2.36. The first kappa shape index (κ1) is 18.2. The zero-order valence-electron chi connectivity index (χ0n) is 16.4. The Morgan fingerprint density at radius 2 is 2.14 bits per heavy atom. The molecule has 1 aliphatic heterocycles.